The Hall–Kier alpha value is -2.85. The maximum absolute atomic E-state index is 14.2. The van der Waals surface area contributed by atoms with Gasteiger partial charge in [-0.15, -0.1) is 0 Å². The first kappa shape index (κ1) is 20.4. The van der Waals surface area contributed by atoms with Crippen molar-refractivity contribution >= 4 is 11.4 Å². The molecule has 2 aliphatic rings. The van der Waals surface area contributed by atoms with Gasteiger partial charge in [0.05, 0.1) is 17.1 Å². The van der Waals surface area contributed by atoms with Gasteiger partial charge in [0.1, 0.15) is 22.7 Å². The van der Waals surface area contributed by atoms with Crippen molar-refractivity contribution in [3.63, 3.8) is 0 Å². The average molecular weight is 423 g/mol. The second-order valence-corrected chi connectivity index (χ2v) is 7.38. The first-order valence-corrected chi connectivity index (χ1v) is 9.54. The van der Waals surface area contributed by atoms with Crippen LogP contribution in [0.15, 0.2) is 42.5 Å². The number of hydrogen-bond acceptors (Lipinski definition) is 6. The number of benzene rings is 2. The largest absolute Gasteiger partial charge is 0.457 e. The summed E-state index contributed by atoms with van der Waals surface area (Å²) in [6, 6.07) is 9.62. The van der Waals surface area contributed by atoms with Crippen LogP contribution in [0.1, 0.15) is 12.0 Å². The number of nitro groups is 1. The zero-order valence-corrected chi connectivity index (χ0v) is 15.9. The van der Waals surface area contributed by atoms with Gasteiger partial charge in [0.25, 0.3) is 5.69 Å². The minimum Gasteiger partial charge on any atom is -0.457 e. The molecule has 10 heteroatoms. The van der Waals surface area contributed by atoms with Crippen molar-refractivity contribution in [3.05, 3.63) is 58.1 Å². The molecule has 0 aliphatic carbocycles. The molecule has 2 saturated heterocycles. The highest BCUT2D eigenvalue weighted by Crippen LogP contribution is 2.48. The summed E-state index contributed by atoms with van der Waals surface area (Å²) in [5.41, 5.74) is -2.33. The molecule has 2 aromatic rings. The quantitative estimate of drug-likeness (QED) is 0.597. The number of halogens is 3. The predicted molar refractivity (Wildman–Crippen MR) is 103 cm³/mol. The van der Waals surface area contributed by atoms with Crippen LogP contribution in [-0.4, -0.2) is 53.3 Å². The molecule has 2 aromatic carbocycles. The molecule has 0 amide bonds. The van der Waals surface area contributed by atoms with Crippen molar-refractivity contribution in [2.75, 3.05) is 31.1 Å². The number of alkyl halides is 3. The minimum absolute atomic E-state index is 0.0693. The minimum atomic E-state index is -4.88. The highest BCUT2D eigenvalue weighted by molar-refractivity contribution is 5.73. The van der Waals surface area contributed by atoms with Crippen molar-refractivity contribution in [3.8, 4) is 11.5 Å². The van der Waals surface area contributed by atoms with Gasteiger partial charge in [-0.3, -0.25) is 15.0 Å². The zero-order chi connectivity index (χ0) is 21.5. The SMILES string of the molecule is O=[N+]([O-])c1ccc(Oc2ccccc2)c(C(F)(F)F)c1N1CCN2CC[C@H](O)[C@@H]2C1. The lowest BCUT2D eigenvalue weighted by Crippen LogP contribution is -2.53. The van der Waals surface area contributed by atoms with E-state index in [1.165, 1.54) is 17.0 Å². The number of hydrogen-bond donors (Lipinski definition) is 1. The molecule has 0 unspecified atom stereocenters. The van der Waals surface area contributed by atoms with Gasteiger partial charge in [-0.1, -0.05) is 18.2 Å². The fraction of sp³-hybridized carbons (Fsp3) is 0.400. The first-order chi connectivity index (χ1) is 14.3. The number of anilines is 1. The van der Waals surface area contributed by atoms with Gasteiger partial charge >= 0.3 is 6.18 Å². The summed E-state index contributed by atoms with van der Waals surface area (Å²) >= 11 is 0. The maximum atomic E-state index is 14.2. The van der Waals surface area contributed by atoms with Gasteiger partial charge in [0, 0.05) is 32.2 Å². The maximum Gasteiger partial charge on any atom is 0.422 e. The summed E-state index contributed by atoms with van der Waals surface area (Å²) in [5.74, 6) is -0.303. The number of ether oxygens (including phenoxy) is 1. The molecular weight excluding hydrogens is 403 g/mol. The van der Waals surface area contributed by atoms with Crippen LogP contribution in [0.3, 0.4) is 0 Å². The van der Waals surface area contributed by atoms with Crippen LogP contribution in [0.2, 0.25) is 0 Å². The number of nitrogens with zero attached hydrogens (tertiary/aromatic N) is 3. The summed E-state index contributed by atoms with van der Waals surface area (Å²) in [6.07, 6.45) is -5.02. The first-order valence-electron chi connectivity index (χ1n) is 9.54. The highest BCUT2D eigenvalue weighted by atomic mass is 19.4. The van der Waals surface area contributed by atoms with Crippen LogP contribution < -0.4 is 9.64 Å². The van der Waals surface area contributed by atoms with Crippen LogP contribution >= 0.6 is 0 Å². The van der Waals surface area contributed by atoms with E-state index in [1.807, 2.05) is 4.90 Å². The monoisotopic (exact) mass is 423 g/mol. The number of para-hydroxylation sites is 1. The normalized spacial score (nSPS) is 22.1. The van der Waals surface area contributed by atoms with E-state index in [1.54, 1.807) is 18.2 Å². The lowest BCUT2D eigenvalue weighted by Gasteiger charge is -2.40. The van der Waals surface area contributed by atoms with Gasteiger partial charge in [-0.2, -0.15) is 13.2 Å². The zero-order valence-electron chi connectivity index (χ0n) is 15.9. The number of aliphatic hydroxyl groups excluding tert-OH is 1. The Morgan fingerprint density at radius 2 is 1.83 bits per heavy atom. The number of piperazine rings is 1. The Morgan fingerprint density at radius 1 is 1.10 bits per heavy atom. The third-order valence-electron chi connectivity index (χ3n) is 5.58. The Balaban J connectivity index is 1.82. The van der Waals surface area contributed by atoms with Gasteiger partial charge in [0.15, 0.2) is 0 Å². The van der Waals surface area contributed by atoms with E-state index in [4.69, 9.17) is 4.74 Å². The fourth-order valence-electron chi connectivity index (χ4n) is 4.19. The van der Waals surface area contributed by atoms with E-state index in [0.717, 1.165) is 12.1 Å². The van der Waals surface area contributed by atoms with Crippen LogP contribution in [-0.2, 0) is 6.18 Å². The lowest BCUT2D eigenvalue weighted by molar-refractivity contribution is -0.384. The molecule has 2 heterocycles. The number of aliphatic hydroxyl groups is 1. The van der Waals surface area contributed by atoms with Gasteiger partial charge < -0.3 is 14.7 Å². The predicted octanol–water partition coefficient (Wildman–Crippen LogP) is 3.66. The molecule has 2 fully saturated rings. The number of rotatable bonds is 4. The molecule has 0 bridgehead atoms. The van der Waals surface area contributed by atoms with E-state index in [2.05, 4.69) is 0 Å². The van der Waals surface area contributed by atoms with Crippen LogP contribution in [0.25, 0.3) is 0 Å². The molecule has 0 radical (unpaired) electrons. The van der Waals surface area contributed by atoms with Crippen LogP contribution in [0.4, 0.5) is 24.5 Å². The van der Waals surface area contributed by atoms with E-state index in [-0.39, 0.29) is 24.9 Å². The van der Waals surface area contributed by atoms with Crippen molar-refractivity contribution < 1.29 is 27.9 Å². The van der Waals surface area contributed by atoms with Crippen molar-refractivity contribution in [2.45, 2.75) is 24.7 Å². The molecule has 0 spiro atoms. The molecule has 0 aromatic heterocycles. The molecule has 0 saturated carbocycles. The molecule has 160 valence electrons. The Labute approximate surface area is 170 Å². The highest BCUT2D eigenvalue weighted by Gasteiger charge is 2.45. The second-order valence-electron chi connectivity index (χ2n) is 7.38. The smallest absolute Gasteiger partial charge is 0.422 e. The standard InChI is InChI=1S/C20H20F3N3O4/c21-20(22,23)18-17(30-13-4-2-1-3-5-13)7-6-14(26(28)29)19(18)25-11-10-24-9-8-16(27)15(24)12-25/h1-7,15-16,27H,8-12H2/t15-,16-/m0/s1. The van der Waals surface area contributed by atoms with Gasteiger partial charge in [0.2, 0.25) is 0 Å². The Kier molecular flexibility index (Phi) is 5.29. The Bertz CT molecular complexity index is 939. The molecule has 7 nitrogen and oxygen atoms in total. The van der Waals surface area contributed by atoms with Crippen molar-refractivity contribution in [2.24, 2.45) is 0 Å². The van der Waals surface area contributed by atoms with Gasteiger partial charge in [-0.05, 0) is 24.6 Å². The van der Waals surface area contributed by atoms with E-state index in [9.17, 15) is 28.4 Å². The fourth-order valence-corrected chi connectivity index (χ4v) is 4.19. The van der Waals surface area contributed by atoms with Gasteiger partial charge in [-0.25, -0.2) is 0 Å². The van der Waals surface area contributed by atoms with E-state index in [0.29, 0.717) is 19.5 Å². The second kappa shape index (κ2) is 7.77. The molecule has 4 rings (SSSR count). The van der Waals surface area contributed by atoms with E-state index >= 15 is 0 Å². The topological polar surface area (TPSA) is 79.1 Å². The average Bonchev–Trinajstić information content (AvgIpc) is 3.07. The summed E-state index contributed by atoms with van der Waals surface area (Å²) < 4.78 is 48.0. The van der Waals surface area contributed by atoms with Crippen LogP contribution in [0.5, 0.6) is 11.5 Å². The molecule has 1 N–H and O–H groups in total. The summed E-state index contributed by atoms with van der Waals surface area (Å²) in [5, 5.41) is 21.8. The molecule has 2 aliphatic heterocycles. The molecular formula is C20H20F3N3O4. The summed E-state index contributed by atoms with van der Waals surface area (Å²) in [4.78, 5) is 14.2. The number of fused-ring (bicyclic) bond motifs is 1. The number of nitro benzene ring substituents is 1. The molecule has 30 heavy (non-hydrogen) atoms. The van der Waals surface area contributed by atoms with Crippen molar-refractivity contribution in [1.82, 2.24) is 4.90 Å². The molecule has 2 atom stereocenters. The van der Waals surface area contributed by atoms with Crippen molar-refractivity contribution in [1.29, 1.82) is 0 Å². The lowest BCUT2D eigenvalue weighted by atomic mass is 10.0. The summed E-state index contributed by atoms with van der Waals surface area (Å²) in [6.45, 7) is 1.33. The Morgan fingerprint density at radius 3 is 2.50 bits per heavy atom. The third-order valence-corrected chi connectivity index (χ3v) is 5.58. The van der Waals surface area contributed by atoms with E-state index < -0.39 is 39.9 Å². The summed E-state index contributed by atoms with van der Waals surface area (Å²) in [7, 11) is 0. The third kappa shape index (κ3) is 3.80. The van der Waals surface area contributed by atoms with Crippen LogP contribution in [0, 0.1) is 10.1 Å².